The zero-order chi connectivity index (χ0) is 17.5. The third-order valence-electron chi connectivity index (χ3n) is 4.15. The fourth-order valence-electron chi connectivity index (χ4n) is 2.70. The Morgan fingerprint density at radius 2 is 1.38 bits per heavy atom. The number of aliphatic hydroxyl groups is 2. The average molecular weight is 338 g/mol. The molecule has 0 aliphatic rings. The molecule has 0 fully saturated rings. The van der Waals surface area contributed by atoms with Crippen LogP contribution in [0.25, 0.3) is 0 Å². The highest BCUT2D eigenvalue weighted by atomic mass is 16.6. The van der Waals surface area contributed by atoms with E-state index in [1.807, 2.05) is 30.3 Å². The van der Waals surface area contributed by atoms with E-state index >= 15 is 0 Å². The molecule has 0 saturated carbocycles. The Morgan fingerprint density at radius 3 is 1.92 bits per heavy atom. The lowest BCUT2D eigenvalue weighted by molar-refractivity contribution is -0.134. The maximum absolute atomic E-state index is 9.40. The van der Waals surface area contributed by atoms with Crippen molar-refractivity contribution in [1.82, 2.24) is 0 Å². The molecule has 0 amide bonds. The first kappa shape index (κ1) is 20.9. The number of benzene rings is 1. The summed E-state index contributed by atoms with van der Waals surface area (Å²) in [5, 5.41) is 21.8. The molecule has 4 heteroatoms. The van der Waals surface area contributed by atoms with Crippen molar-refractivity contribution < 1.29 is 14.9 Å². The van der Waals surface area contributed by atoms with E-state index in [1.54, 1.807) is 0 Å². The summed E-state index contributed by atoms with van der Waals surface area (Å²) in [4.78, 5) is 0. The van der Waals surface area contributed by atoms with Gasteiger partial charge in [0, 0.05) is 12.3 Å². The molecule has 0 spiro atoms. The van der Waals surface area contributed by atoms with E-state index in [2.05, 4.69) is 12.2 Å². The first-order chi connectivity index (χ1) is 11.7. The number of hydrogen-bond donors (Lipinski definition) is 3. The van der Waals surface area contributed by atoms with Gasteiger partial charge in [-0.15, -0.1) is 0 Å². The first-order valence-corrected chi connectivity index (χ1v) is 9.53. The second-order valence-corrected chi connectivity index (χ2v) is 6.40. The highest BCUT2D eigenvalue weighted by Crippen LogP contribution is 2.12. The number of hydrogen-bond acceptors (Lipinski definition) is 4. The van der Waals surface area contributed by atoms with E-state index in [0.29, 0.717) is 6.61 Å². The molecular weight excluding hydrogens is 302 g/mol. The van der Waals surface area contributed by atoms with Gasteiger partial charge in [-0.2, -0.15) is 0 Å². The summed E-state index contributed by atoms with van der Waals surface area (Å²) >= 11 is 0. The summed E-state index contributed by atoms with van der Waals surface area (Å²) in [6.07, 6.45) is 10.4. The lowest BCUT2D eigenvalue weighted by Crippen LogP contribution is -2.36. The van der Waals surface area contributed by atoms with Crippen molar-refractivity contribution in [3.05, 3.63) is 30.3 Å². The zero-order valence-corrected chi connectivity index (χ0v) is 15.1. The van der Waals surface area contributed by atoms with Crippen LogP contribution in [0, 0.1) is 0 Å². The van der Waals surface area contributed by atoms with Gasteiger partial charge in [0.15, 0.2) is 12.5 Å². The van der Waals surface area contributed by atoms with Crippen LogP contribution in [0.5, 0.6) is 0 Å². The van der Waals surface area contributed by atoms with Gasteiger partial charge < -0.3 is 20.3 Å². The quantitative estimate of drug-likeness (QED) is 0.321. The van der Waals surface area contributed by atoms with Crippen molar-refractivity contribution in [2.45, 2.75) is 83.6 Å². The second kappa shape index (κ2) is 14.3. The molecule has 3 N–H and O–H groups in total. The lowest BCUT2D eigenvalue weighted by Gasteiger charge is -2.22. The third kappa shape index (κ3) is 10.6. The van der Waals surface area contributed by atoms with Crippen LogP contribution in [0.15, 0.2) is 30.3 Å². The third-order valence-corrected chi connectivity index (χ3v) is 4.15. The van der Waals surface area contributed by atoms with Gasteiger partial charge in [-0.05, 0) is 18.6 Å². The topological polar surface area (TPSA) is 61.7 Å². The molecule has 1 aromatic rings. The monoisotopic (exact) mass is 337 g/mol. The summed E-state index contributed by atoms with van der Waals surface area (Å²) in [5.41, 5.74) is 0.818. The molecule has 0 radical (unpaired) electrons. The van der Waals surface area contributed by atoms with E-state index in [-0.39, 0.29) is 0 Å². The zero-order valence-electron chi connectivity index (χ0n) is 15.1. The number of ether oxygens (including phenoxy) is 1. The van der Waals surface area contributed by atoms with Crippen LogP contribution in [-0.2, 0) is 4.74 Å². The Bertz CT molecular complexity index is 384. The molecular formula is C20H35NO3. The van der Waals surface area contributed by atoms with Crippen molar-refractivity contribution in [3.63, 3.8) is 0 Å². The van der Waals surface area contributed by atoms with Crippen LogP contribution in [-0.4, -0.2) is 29.3 Å². The number of nitrogens with one attached hydrogen (secondary N) is 1. The molecule has 1 aromatic carbocycles. The standard InChI is InChI=1S/C20H35NO3/c1-2-3-4-5-6-7-8-9-10-14-17-24-19(20(22)23)21-18-15-12-11-13-16-18/h11-13,15-16,19-23H,2-10,14,17H2,1H3. The van der Waals surface area contributed by atoms with Crippen LogP contribution < -0.4 is 5.32 Å². The molecule has 0 bridgehead atoms. The fraction of sp³-hybridized carbons (Fsp3) is 0.700. The maximum Gasteiger partial charge on any atom is 0.197 e. The van der Waals surface area contributed by atoms with Crippen molar-refractivity contribution in [2.75, 3.05) is 11.9 Å². The number of rotatable bonds is 15. The SMILES string of the molecule is CCCCCCCCCCCCOC(Nc1ccccc1)C(O)O. The molecule has 138 valence electrons. The van der Waals surface area contributed by atoms with Crippen LogP contribution in [0.3, 0.4) is 0 Å². The molecule has 24 heavy (non-hydrogen) atoms. The summed E-state index contributed by atoms with van der Waals surface area (Å²) in [6.45, 7) is 2.79. The molecule has 0 aliphatic carbocycles. The molecule has 1 unspecified atom stereocenters. The van der Waals surface area contributed by atoms with Crippen LogP contribution in [0.1, 0.15) is 71.1 Å². The Balaban J connectivity index is 2.01. The number of unbranched alkanes of at least 4 members (excludes halogenated alkanes) is 9. The predicted octanol–water partition coefficient (Wildman–Crippen LogP) is 4.67. The Hall–Kier alpha value is -1.10. The van der Waals surface area contributed by atoms with Gasteiger partial charge in [0.25, 0.3) is 0 Å². The number of anilines is 1. The van der Waals surface area contributed by atoms with E-state index < -0.39 is 12.5 Å². The Kier molecular flexibility index (Phi) is 12.4. The van der Waals surface area contributed by atoms with E-state index in [4.69, 9.17) is 4.74 Å². The maximum atomic E-state index is 9.40. The lowest BCUT2D eigenvalue weighted by atomic mass is 10.1. The molecule has 0 aliphatic heterocycles. The number of para-hydroxylation sites is 1. The van der Waals surface area contributed by atoms with Crippen LogP contribution in [0.4, 0.5) is 5.69 Å². The highest BCUT2D eigenvalue weighted by molar-refractivity contribution is 5.42. The molecule has 0 saturated heterocycles. The average Bonchev–Trinajstić information content (AvgIpc) is 2.59. The second-order valence-electron chi connectivity index (χ2n) is 6.40. The highest BCUT2D eigenvalue weighted by Gasteiger charge is 2.16. The summed E-state index contributed by atoms with van der Waals surface area (Å²) in [5.74, 6) is 0. The predicted molar refractivity (Wildman–Crippen MR) is 99.9 cm³/mol. The van der Waals surface area contributed by atoms with E-state index in [9.17, 15) is 10.2 Å². The van der Waals surface area contributed by atoms with Gasteiger partial charge in [0.2, 0.25) is 0 Å². The molecule has 1 rings (SSSR count). The normalized spacial score (nSPS) is 12.5. The van der Waals surface area contributed by atoms with Crippen LogP contribution in [0.2, 0.25) is 0 Å². The van der Waals surface area contributed by atoms with Gasteiger partial charge in [-0.25, -0.2) is 0 Å². The molecule has 4 nitrogen and oxygen atoms in total. The minimum Gasteiger partial charge on any atom is -0.365 e. The number of aliphatic hydroxyl groups excluding tert-OH is 1. The van der Waals surface area contributed by atoms with Crippen molar-refractivity contribution in [1.29, 1.82) is 0 Å². The fourth-order valence-corrected chi connectivity index (χ4v) is 2.70. The Labute approximate surface area is 147 Å². The molecule has 1 atom stereocenters. The molecule has 0 heterocycles. The van der Waals surface area contributed by atoms with Crippen molar-refractivity contribution in [2.24, 2.45) is 0 Å². The van der Waals surface area contributed by atoms with Gasteiger partial charge in [0.1, 0.15) is 0 Å². The van der Waals surface area contributed by atoms with Gasteiger partial charge in [-0.1, -0.05) is 82.9 Å². The summed E-state index contributed by atoms with van der Waals surface area (Å²) < 4.78 is 5.57. The van der Waals surface area contributed by atoms with Gasteiger partial charge in [0.05, 0.1) is 0 Å². The van der Waals surface area contributed by atoms with Gasteiger partial charge in [-0.3, -0.25) is 0 Å². The van der Waals surface area contributed by atoms with E-state index in [1.165, 1.54) is 51.4 Å². The van der Waals surface area contributed by atoms with E-state index in [0.717, 1.165) is 18.5 Å². The summed E-state index contributed by atoms with van der Waals surface area (Å²) in [6, 6.07) is 9.45. The van der Waals surface area contributed by atoms with Crippen LogP contribution >= 0.6 is 0 Å². The smallest absolute Gasteiger partial charge is 0.197 e. The Morgan fingerprint density at radius 1 is 0.833 bits per heavy atom. The summed E-state index contributed by atoms with van der Waals surface area (Å²) in [7, 11) is 0. The molecule has 0 aromatic heterocycles. The van der Waals surface area contributed by atoms with Gasteiger partial charge >= 0.3 is 0 Å². The van der Waals surface area contributed by atoms with Crippen molar-refractivity contribution in [3.8, 4) is 0 Å². The van der Waals surface area contributed by atoms with Crippen molar-refractivity contribution >= 4 is 5.69 Å². The minimum absolute atomic E-state index is 0.540. The minimum atomic E-state index is -1.53. The first-order valence-electron chi connectivity index (χ1n) is 9.53. The largest absolute Gasteiger partial charge is 0.365 e.